The maximum Gasteiger partial charge on any atom is 0.252 e. The van der Waals surface area contributed by atoms with Crippen molar-refractivity contribution in [3.63, 3.8) is 0 Å². The molecule has 0 radical (unpaired) electrons. The number of aromatic nitrogens is 1. The van der Waals surface area contributed by atoms with Crippen LogP contribution in [0.15, 0.2) is 41.1 Å². The van der Waals surface area contributed by atoms with Gasteiger partial charge in [0.2, 0.25) is 0 Å². The predicted molar refractivity (Wildman–Crippen MR) is 87.5 cm³/mol. The molecule has 20 heavy (non-hydrogen) atoms. The van der Waals surface area contributed by atoms with Gasteiger partial charge in [-0.1, -0.05) is 0 Å². The Balaban J connectivity index is 0.00000200. The number of hydrogen-bond donors (Lipinski definition) is 2. The normalized spacial score (nSPS) is 9.70. The first-order chi connectivity index (χ1) is 9.08. The second-order valence-electron chi connectivity index (χ2n) is 3.89. The van der Waals surface area contributed by atoms with Crippen molar-refractivity contribution < 1.29 is 4.79 Å². The van der Waals surface area contributed by atoms with Gasteiger partial charge in [-0.05, 0) is 57.4 Å². The molecule has 0 spiro atoms. The lowest BCUT2D eigenvalue weighted by Gasteiger charge is -2.11. The summed E-state index contributed by atoms with van der Waals surface area (Å²) in [4.78, 5) is 15.1. The highest BCUT2D eigenvalue weighted by Gasteiger charge is 2.10. The minimum absolute atomic E-state index is 0. The zero-order chi connectivity index (χ0) is 13.8. The highest BCUT2D eigenvalue weighted by atomic mass is 79.9. The summed E-state index contributed by atoms with van der Waals surface area (Å²) >= 11 is 8.81. The van der Waals surface area contributed by atoms with E-state index in [0.717, 1.165) is 11.3 Å². The van der Waals surface area contributed by atoms with Crippen molar-refractivity contribution in [2.24, 2.45) is 0 Å². The first-order valence-corrected chi connectivity index (χ1v) is 6.66. The molecule has 0 aliphatic rings. The molecule has 0 saturated heterocycles. The van der Waals surface area contributed by atoms with Gasteiger partial charge in [0.05, 0.1) is 5.69 Å². The summed E-state index contributed by atoms with van der Waals surface area (Å²) < 4.78 is 0.658. The lowest BCUT2D eigenvalue weighted by molar-refractivity contribution is 0.108. The van der Waals surface area contributed by atoms with Crippen LogP contribution in [0.1, 0.15) is 15.9 Å². The standard InChI is InChI=1S/C13H11BrClN3O.ClH/c14-11-6-8(13(15)19)5-9(12(11)16)7-18-10-1-3-17-4-2-10;/h1-6H,7,16H2,(H,17,18);1H. The van der Waals surface area contributed by atoms with Gasteiger partial charge in [0.15, 0.2) is 0 Å². The van der Waals surface area contributed by atoms with Crippen LogP contribution >= 0.6 is 39.9 Å². The number of carbonyl (C=O) groups is 1. The maximum atomic E-state index is 11.2. The van der Waals surface area contributed by atoms with Gasteiger partial charge >= 0.3 is 0 Å². The Kier molecular flexibility index (Phi) is 6.26. The quantitative estimate of drug-likeness (QED) is 0.628. The molecule has 0 bridgehead atoms. The molecule has 0 aliphatic carbocycles. The molecule has 1 heterocycles. The smallest absolute Gasteiger partial charge is 0.252 e. The fraction of sp³-hybridized carbons (Fsp3) is 0.0769. The number of carbonyl (C=O) groups excluding carboxylic acids is 1. The number of nitrogens with two attached hydrogens (primary N) is 1. The lowest BCUT2D eigenvalue weighted by Crippen LogP contribution is -2.05. The number of nitrogens with zero attached hydrogens (tertiary/aromatic N) is 1. The molecule has 7 heteroatoms. The Morgan fingerprint density at radius 3 is 2.60 bits per heavy atom. The molecule has 3 N–H and O–H groups in total. The Labute approximate surface area is 136 Å². The average molecular weight is 377 g/mol. The van der Waals surface area contributed by atoms with Crippen LogP contribution in [-0.4, -0.2) is 10.2 Å². The third-order valence-corrected chi connectivity index (χ3v) is 3.48. The van der Waals surface area contributed by atoms with E-state index in [9.17, 15) is 4.79 Å². The van der Waals surface area contributed by atoms with Crippen LogP contribution in [0.5, 0.6) is 0 Å². The van der Waals surface area contributed by atoms with Crippen LogP contribution in [0, 0.1) is 0 Å². The topological polar surface area (TPSA) is 68.0 Å². The van der Waals surface area contributed by atoms with Gasteiger partial charge in [0, 0.05) is 34.7 Å². The zero-order valence-corrected chi connectivity index (χ0v) is 13.4. The van der Waals surface area contributed by atoms with Crippen LogP contribution in [0.25, 0.3) is 0 Å². The molecule has 4 nitrogen and oxygen atoms in total. The zero-order valence-electron chi connectivity index (χ0n) is 10.3. The largest absolute Gasteiger partial charge is 0.398 e. The van der Waals surface area contributed by atoms with Crippen LogP contribution < -0.4 is 11.1 Å². The lowest BCUT2D eigenvalue weighted by atomic mass is 10.1. The monoisotopic (exact) mass is 375 g/mol. The number of pyridine rings is 1. The molecule has 0 aliphatic heterocycles. The number of nitrogen functional groups attached to an aromatic ring is 1. The van der Waals surface area contributed by atoms with Gasteiger partial charge in [-0.2, -0.15) is 0 Å². The molecule has 0 saturated carbocycles. The molecule has 1 aromatic heterocycles. The SMILES string of the molecule is Cl.Nc1c(Br)cc(C(=O)Cl)cc1CNc1ccncc1. The number of anilines is 2. The summed E-state index contributed by atoms with van der Waals surface area (Å²) in [6, 6.07) is 6.99. The van der Waals surface area contributed by atoms with Crippen LogP contribution in [-0.2, 0) is 6.54 Å². The first kappa shape index (κ1) is 16.8. The Morgan fingerprint density at radius 1 is 1.35 bits per heavy atom. The predicted octanol–water partition coefficient (Wildman–Crippen LogP) is 3.84. The fourth-order valence-corrected chi connectivity index (χ4v) is 2.21. The van der Waals surface area contributed by atoms with Gasteiger partial charge < -0.3 is 11.1 Å². The third kappa shape index (κ3) is 4.10. The van der Waals surface area contributed by atoms with Crippen molar-refractivity contribution in [3.05, 3.63) is 52.3 Å². The van der Waals surface area contributed by atoms with E-state index in [-0.39, 0.29) is 12.4 Å². The summed E-state index contributed by atoms with van der Waals surface area (Å²) in [6.45, 7) is 0.493. The number of rotatable bonds is 4. The fourth-order valence-electron chi connectivity index (χ4n) is 1.60. The highest BCUT2D eigenvalue weighted by molar-refractivity contribution is 9.10. The third-order valence-electron chi connectivity index (χ3n) is 2.61. The summed E-state index contributed by atoms with van der Waals surface area (Å²) in [6.07, 6.45) is 3.39. The van der Waals surface area contributed by atoms with E-state index in [2.05, 4.69) is 26.2 Å². The maximum absolute atomic E-state index is 11.2. The van der Waals surface area contributed by atoms with Crippen molar-refractivity contribution in [3.8, 4) is 0 Å². The van der Waals surface area contributed by atoms with E-state index >= 15 is 0 Å². The minimum Gasteiger partial charge on any atom is -0.398 e. The number of halogens is 3. The molecular formula is C13H12BrCl2N3O. The molecule has 0 amide bonds. The van der Waals surface area contributed by atoms with Gasteiger partial charge in [0.1, 0.15) is 0 Å². The van der Waals surface area contributed by atoms with Gasteiger partial charge in [-0.15, -0.1) is 12.4 Å². The van der Waals surface area contributed by atoms with E-state index < -0.39 is 5.24 Å². The second-order valence-corrected chi connectivity index (χ2v) is 5.09. The summed E-state index contributed by atoms with van der Waals surface area (Å²) in [5.41, 5.74) is 8.69. The van der Waals surface area contributed by atoms with E-state index in [1.54, 1.807) is 24.5 Å². The van der Waals surface area contributed by atoms with Crippen LogP contribution in [0.3, 0.4) is 0 Å². The van der Waals surface area contributed by atoms with Gasteiger partial charge in [-0.25, -0.2) is 0 Å². The van der Waals surface area contributed by atoms with Crippen LogP contribution in [0.2, 0.25) is 0 Å². The van der Waals surface area contributed by atoms with Crippen molar-refractivity contribution in [2.45, 2.75) is 6.54 Å². The molecule has 1 aromatic carbocycles. The van der Waals surface area contributed by atoms with Crippen molar-refractivity contribution in [2.75, 3.05) is 11.1 Å². The highest BCUT2D eigenvalue weighted by Crippen LogP contribution is 2.27. The molecule has 2 rings (SSSR count). The molecule has 2 aromatic rings. The van der Waals surface area contributed by atoms with E-state index in [0.29, 0.717) is 22.3 Å². The Morgan fingerprint density at radius 2 is 2.00 bits per heavy atom. The molecular weight excluding hydrogens is 365 g/mol. The summed E-state index contributed by atoms with van der Waals surface area (Å²) in [7, 11) is 0. The van der Waals surface area contributed by atoms with Crippen LogP contribution in [0.4, 0.5) is 11.4 Å². The Hall–Kier alpha value is -1.30. The second kappa shape index (κ2) is 7.47. The molecule has 106 valence electrons. The minimum atomic E-state index is -0.508. The average Bonchev–Trinajstić information content (AvgIpc) is 2.41. The first-order valence-electron chi connectivity index (χ1n) is 5.49. The molecule has 0 atom stereocenters. The van der Waals surface area contributed by atoms with E-state index in [1.807, 2.05) is 12.1 Å². The summed E-state index contributed by atoms with van der Waals surface area (Å²) in [5.74, 6) is 0. The number of hydrogen-bond acceptors (Lipinski definition) is 4. The van der Waals surface area contributed by atoms with Gasteiger partial charge in [-0.3, -0.25) is 9.78 Å². The van der Waals surface area contributed by atoms with Crippen molar-refractivity contribution >= 4 is 56.6 Å². The van der Waals surface area contributed by atoms with Gasteiger partial charge in [0.25, 0.3) is 5.24 Å². The van der Waals surface area contributed by atoms with E-state index in [1.165, 1.54) is 0 Å². The van der Waals surface area contributed by atoms with E-state index in [4.69, 9.17) is 17.3 Å². The Bertz CT molecular complexity index is 608. The van der Waals surface area contributed by atoms with Crippen molar-refractivity contribution in [1.29, 1.82) is 0 Å². The molecule has 0 fully saturated rings. The molecule has 0 unspecified atom stereocenters. The van der Waals surface area contributed by atoms with Crippen molar-refractivity contribution in [1.82, 2.24) is 4.98 Å². The number of nitrogens with one attached hydrogen (secondary N) is 1. The summed E-state index contributed by atoms with van der Waals surface area (Å²) in [5, 5.41) is 2.69. The number of benzene rings is 1.